The van der Waals surface area contributed by atoms with Crippen molar-refractivity contribution in [2.45, 2.75) is 0 Å². The quantitative estimate of drug-likeness (QED) is 0.545. The maximum absolute atomic E-state index is 10.8. The number of methoxy groups -OCH3 is 1. The van der Waals surface area contributed by atoms with Crippen LogP contribution in [0.4, 0.5) is 0 Å². The highest BCUT2D eigenvalue weighted by Crippen LogP contribution is 2.24. The van der Waals surface area contributed by atoms with E-state index in [1.807, 2.05) is 0 Å². The Labute approximate surface area is 81.2 Å². The largest absolute Gasteiger partial charge is 0.492 e. The second-order valence-corrected chi connectivity index (χ2v) is 2.38. The molecule has 0 saturated heterocycles. The van der Waals surface area contributed by atoms with E-state index in [2.05, 4.69) is 12.1 Å². The molecule has 0 unspecified atom stereocenters. The number of ether oxygens (including phenoxy) is 2. The maximum atomic E-state index is 10.8. The molecule has 0 bridgehead atoms. The molecule has 0 aliphatic carbocycles. The van der Waals surface area contributed by atoms with Gasteiger partial charge in [-0.2, -0.15) is 0 Å². The van der Waals surface area contributed by atoms with Crippen LogP contribution in [0.15, 0.2) is 12.1 Å². The molecule has 0 atom stereocenters. The van der Waals surface area contributed by atoms with E-state index in [1.54, 1.807) is 0 Å². The van der Waals surface area contributed by atoms with Crippen LogP contribution in [-0.4, -0.2) is 19.0 Å². The molecular formula is C9H7ClO3. The van der Waals surface area contributed by atoms with Crippen LogP contribution < -0.4 is 9.47 Å². The van der Waals surface area contributed by atoms with Gasteiger partial charge in [0.25, 0.3) is 0 Å². The fourth-order valence-corrected chi connectivity index (χ4v) is 0.800. The van der Waals surface area contributed by atoms with Crippen molar-refractivity contribution < 1.29 is 14.3 Å². The zero-order valence-electron chi connectivity index (χ0n) is 6.96. The summed E-state index contributed by atoms with van der Waals surface area (Å²) in [5, 5.41) is 0. The zero-order chi connectivity index (χ0) is 9.68. The van der Waals surface area contributed by atoms with E-state index >= 15 is 0 Å². The molecule has 1 rings (SSSR count). The Morgan fingerprint density at radius 1 is 1.46 bits per heavy atom. The average Bonchev–Trinajstić information content (AvgIpc) is 2.18. The first-order valence-electron chi connectivity index (χ1n) is 3.50. The molecule has 13 heavy (non-hydrogen) atoms. The summed E-state index contributed by atoms with van der Waals surface area (Å²) in [7, 11) is 1.47. The van der Waals surface area contributed by atoms with Crippen LogP contribution in [0.25, 0.3) is 0 Å². The lowest BCUT2D eigenvalue weighted by molar-refractivity contribution is -0.131. The number of rotatable bonds is 3. The Morgan fingerprint density at radius 2 is 2.08 bits per heavy atom. The number of alkyl halides is 1. The Bertz CT molecular complexity index is 299. The van der Waals surface area contributed by atoms with Crippen LogP contribution in [0.5, 0.6) is 11.5 Å². The third-order valence-corrected chi connectivity index (χ3v) is 1.50. The lowest BCUT2D eigenvalue weighted by Crippen LogP contribution is -2.09. The van der Waals surface area contributed by atoms with Gasteiger partial charge in [-0.1, -0.05) is 12.1 Å². The predicted molar refractivity (Wildman–Crippen MR) is 47.0 cm³/mol. The third kappa shape index (κ3) is 2.53. The van der Waals surface area contributed by atoms with E-state index in [0.29, 0.717) is 11.5 Å². The van der Waals surface area contributed by atoms with E-state index in [4.69, 9.17) is 21.1 Å². The summed E-state index contributed by atoms with van der Waals surface area (Å²) in [6, 6.07) is 8.30. The third-order valence-electron chi connectivity index (χ3n) is 1.29. The average molecular weight is 199 g/mol. The topological polar surface area (TPSA) is 35.5 Å². The molecule has 0 aromatic heterocycles. The summed E-state index contributed by atoms with van der Waals surface area (Å²) >= 11 is 5.26. The Morgan fingerprint density at radius 3 is 2.62 bits per heavy atom. The predicted octanol–water partition coefficient (Wildman–Crippen LogP) is 1.44. The first-order valence-corrected chi connectivity index (χ1v) is 4.03. The number of hydrogen-bond acceptors (Lipinski definition) is 3. The number of carbonyl (C=O) groups is 1. The van der Waals surface area contributed by atoms with Crippen LogP contribution in [0.1, 0.15) is 0 Å². The van der Waals surface area contributed by atoms with Crippen LogP contribution in [0.2, 0.25) is 0 Å². The molecule has 0 saturated carbocycles. The van der Waals surface area contributed by atoms with E-state index in [9.17, 15) is 4.79 Å². The van der Waals surface area contributed by atoms with Crippen LogP contribution in [0, 0.1) is 12.1 Å². The smallest absolute Gasteiger partial charge is 0.326 e. The molecule has 0 N–H and O–H groups in total. The Balaban J connectivity index is 2.81. The van der Waals surface area contributed by atoms with E-state index in [0.717, 1.165) is 0 Å². The fourth-order valence-electron chi connectivity index (χ4n) is 0.746. The standard InChI is InChI=1S/C9H7ClO3/c1-12-7-4-2-3-5-8(7)13-9(11)6-10/h4-5H,6H2,1H3. The van der Waals surface area contributed by atoms with Gasteiger partial charge in [0.2, 0.25) is 0 Å². The fraction of sp³-hybridized carbons (Fsp3) is 0.222. The monoisotopic (exact) mass is 198 g/mol. The van der Waals surface area contributed by atoms with Gasteiger partial charge in [0.05, 0.1) is 7.11 Å². The lowest BCUT2D eigenvalue weighted by atomic mass is 10.4. The summed E-state index contributed by atoms with van der Waals surface area (Å²) in [5.74, 6) is 0.00516. The van der Waals surface area contributed by atoms with Crippen molar-refractivity contribution in [3.8, 4) is 11.5 Å². The van der Waals surface area contributed by atoms with Crippen molar-refractivity contribution in [1.82, 2.24) is 0 Å². The Hall–Kier alpha value is -1.40. The summed E-state index contributed by atoms with van der Waals surface area (Å²) in [4.78, 5) is 10.8. The van der Waals surface area contributed by atoms with Gasteiger partial charge in [0, 0.05) is 12.1 Å². The van der Waals surface area contributed by atoms with E-state index < -0.39 is 5.97 Å². The second-order valence-electron chi connectivity index (χ2n) is 2.12. The van der Waals surface area contributed by atoms with Gasteiger partial charge in [0.15, 0.2) is 11.5 Å². The van der Waals surface area contributed by atoms with Gasteiger partial charge >= 0.3 is 5.97 Å². The van der Waals surface area contributed by atoms with Crippen molar-refractivity contribution in [3.63, 3.8) is 0 Å². The van der Waals surface area contributed by atoms with Gasteiger partial charge in [-0.3, -0.25) is 4.79 Å². The molecule has 4 heteroatoms. The molecule has 1 aromatic carbocycles. The van der Waals surface area contributed by atoms with Crippen molar-refractivity contribution in [3.05, 3.63) is 24.3 Å². The summed E-state index contributed by atoms with van der Waals surface area (Å²) in [6.45, 7) is 0. The molecule has 0 heterocycles. The number of hydrogen-bond donors (Lipinski definition) is 0. The normalized spacial score (nSPS) is 8.77. The van der Waals surface area contributed by atoms with E-state index in [1.165, 1.54) is 19.2 Å². The van der Waals surface area contributed by atoms with Crippen molar-refractivity contribution in [1.29, 1.82) is 0 Å². The minimum atomic E-state index is -0.528. The van der Waals surface area contributed by atoms with Crippen LogP contribution >= 0.6 is 11.6 Å². The number of halogens is 1. The van der Waals surface area contributed by atoms with Gasteiger partial charge in [-0.25, -0.2) is 0 Å². The second kappa shape index (κ2) is 4.58. The molecule has 1 aromatic rings. The molecule has 0 aliphatic heterocycles. The minimum absolute atomic E-state index is 0.193. The number of esters is 1. The van der Waals surface area contributed by atoms with Gasteiger partial charge in [-0.15, -0.1) is 11.6 Å². The lowest BCUT2D eigenvalue weighted by Gasteiger charge is -2.04. The SMILES string of the molecule is COc1cc#ccc1OC(=O)CCl. The summed E-state index contributed by atoms with van der Waals surface area (Å²) < 4.78 is 9.76. The first-order chi connectivity index (χ1) is 6.27. The minimum Gasteiger partial charge on any atom is -0.492 e. The molecule has 3 nitrogen and oxygen atoms in total. The van der Waals surface area contributed by atoms with Crippen LogP contribution in [-0.2, 0) is 4.79 Å². The summed E-state index contributed by atoms with van der Waals surface area (Å²) in [5.41, 5.74) is 0. The highest BCUT2D eigenvalue weighted by atomic mass is 35.5. The van der Waals surface area contributed by atoms with Crippen LogP contribution in [0.3, 0.4) is 0 Å². The molecular weight excluding hydrogens is 192 g/mol. The molecule has 0 amide bonds. The van der Waals surface area contributed by atoms with Crippen molar-refractivity contribution >= 4 is 17.6 Å². The zero-order valence-corrected chi connectivity index (χ0v) is 7.72. The molecule has 0 aliphatic rings. The molecule has 0 fully saturated rings. The summed E-state index contributed by atoms with van der Waals surface area (Å²) in [6.07, 6.45) is 0. The number of carbonyl (C=O) groups excluding carboxylic acids is 1. The van der Waals surface area contributed by atoms with Gasteiger partial charge < -0.3 is 9.47 Å². The maximum Gasteiger partial charge on any atom is 0.326 e. The molecule has 68 valence electrons. The highest BCUT2D eigenvalue weighted by molar-refractivity contribution is 6.26. The van der Waals surface area contributed by atoms with E-state index in [-0.39, 0.29) is 5.88 Å². The highest BCUT2D eigenvalue weighted by Gasteiger charge is 2.06. The first kappa shape index (κ1) is 9.69. The Kier molecular flexibility index (Phi) is 3.41. The van der Waals surface area contributed by atoms with Gasteiger partial charge in [0.1, 0.15) is 5.88 Å². The molecule has 0 radical (unpaired) electrons. The van der Waals surface area contributed by atoms with Gasteiger partial charge in [-0.05, 0) is 0 Å². The van der Waals surface area contributed by atoms with Crippen molar-refractivity contribution in [2.24, 2.45) is 0 Å². The molecule has 0 spiro atoms. The van der Waals surface area contributed by atoms with Crippen molar-refractivity contribution in [2.75, 3.05) is 13.0 Å².